The summed E-state index contributed by atoms with van der Waals surface area (Å²) in [5, 5.41) is 0. The van der Waals surface area contributed by atoms with Gasteiger partial charge in [-0.15, -0.1) is 0 Å². The molecule has 1 amide bonds. The molecule has 1 saturated heterocycles. The monoisotopic (exact) mass is 325 g/mol. The molecular weight excluding hydrogens is 302 g/mol. The van der Waals surface area contributed by atoms with Gasteiger partial charge in [0.15, 0.2) is 0 Å². The SMILES string of the molecule is CN(C)c1ccc(C2CCCN2C(=O)OCc2ccccc2)cn1. The quantitative estimate of drug-likeness (QED) is 0.861. The van der Waals surface area contributed by atoms with Gasteiger partial charge in [0.2, 0.25) is 0 Å². The van der Waals surface area contributed by atoms with E-state index in [1.807, 2.05) is 66.5 Å². The van der Waals surface area contributed by atoms with Gasteiger partial charge >= 0.3 is 6.09 Å². The van der Waals surface area contributed by atoms with E-state index in [-0.39, 0.29) is 12.1 Å². The first kappa shape index (κ1) is 16.3. The molecule has 2 heterocycles. The molecule has 1 aliphatic heterocycles. The van der Waals surface area contributed by atoms with Crippen LogP contribution in [0.25, 0.3) is 0 Å². The summed E-state index contributed by atoms with van der Waals surface area (Å²) in [4.78, 5) is 20.7. The van der Waals surface area contributed by atoms with Crippen LogP contribution in [0.1, 0.15) is 30.0 Å². The molecule has 0 saturated carbocycles. The second-order valence-electron chi connectivity index (χ2n) is 6.24. The predicted octanol–water partition coefficient (Wildman–Crippen LogP) is 3.62. The predicted molar refractivity (Wildman–Crippen MR) is 93.9 cm³/mol. The number of carbonyl (C=O) groups is 1. The summed E-state index contributed by atoms with van der Waals surface area (Å²) in [7, 11) is 3.93. The summed E-state index contributed by atoms with van der Waals surface area (Å²) in [6.07, 6.45) is 3.55. The Morgan fingerprint density at radius 2 is 2.04 bits per heavy atom. The first-order valence-electron chi connectivity index (χ1n) is 8.26. The molecule has 0 bridgehead atoms. The van der Waals surface area contributed by atoms with Crippen molar-refractivity contribution in [2.75, 3.05) is 25.5 Å². The van der Waals surface area contributed by atoms with Gasteiger partial charge in [-0.1, -0.05) is 36.4 Å². The molecule has 3 rings (SSSR count). The van der Waals surface area contributed by atoms with E-state index < -0.39 is 0 Å². The molecule has 5 nitrogen and oxygen atoms in total. The fourth-order valence-corrected chi connectivity index (χ4v) is 2.99. The first-order valence-corrected chi connectivity index (χ1v) is 8.26. The fourth-order valence-electron chi connectivity index (χ4n) is 2.99. The van der Waals surface area contributed by atoms with Crippen LogP contribution in [0.15, 0.2) is 48.7 Å². The highest BCUT2D eigenvalue weighted by atomic mass is 16.6. The lowest BCUT2D eigenvalue weighted by Gasteiger charge is -2.24. The van der Waals surface area contributed by atoms with Crippen LogP contribution < -0.4 is 4.90 Å². The zero-order valence-electron chi connectivity index (χ0n) is 14.2. The number of carbonyl (C=O) groups excluding carboxylic acids is 1. The minimum atomic E-state index is -0.252. The lowest BCUT2D eigenvalue weighted by atomic mass is 10.1. The fraction of sp³-hybridized carbons (Fsp3) is 0.368. The molecule has 1 fully saturated rings. The topological polar surface area (TPSA) is 45.7 Å². The van der Waals surface area contributed by atoms with Crippen molar-refractivity contribution in [2.24, 2.45) is 0 Å². The van der Waals surface area contributed by atoms with Crippen molar-refractivity contribution >= 4 is 11.9 Å². The van der Waals surface area contributed by atoms with Crippen molar-refractivity contribution in [3.8, 4) is 0 Å². The van der Waals surface area contributed by atoms with E-state index in [9.17, 15) is 4.79 Å². The molecule has 1 aromatic carbocycles. The highest BCUT2D eigenvalue weighted by molar-refractivity contribution is 5.68. The van der Waals surface area contributed by atoms with E-state index in [4.69, 9.17) is 4.74 Å². The molecule has 2 aromatic rings. The molecule has 5 heteroatoms. The average Bonchev–Trinajstić information content (AvgIpc) is 3.10. The van der Waals surface area contributed by atoms with Crippen molar-refractivity contribution in [3.63, 3.8) is 0 Å². The van der Waals surface area contributed by atoms with Crippen LogP contribution in [0.4, 0.5) is 10.6 Å². The molecule has 0 radical (unpaired) electrons. The van der Waals surface area contributed by atoms with Crippen LogP contribution in [-0.4, -0.2) is 36.6 Å². The summed E-state index contributed by atoms with van der Waals surface area (Å²) in [5.41, 5.74) is 2.06. The lowest BCUT2D eigenvalue weighted by molar-refractivity contribution is 0.0920. The number of hydrogen-bond donors (Lipinski definition) is 0. The maximum Gasteiger partial charge on any atom is 0.410 e. The first-order chi connectivity index (χ1) is 11.6. The Labute approximate surface area is 142 Å². The van der Waals surface area contributed by atoms with Crippen LogP contribution in [0.5, 0.6) is 0 Å². The van der Waals surface area contributed by atoms with Gasteiger partial charge in [0.05, 0.1) is 6.04 Å². The molecule has 126 valence electrons. The highest BCUT2D eigenvalue weighted by Gasteiger charge is 2.31. The van der Waals surface area contributed by atoms with Gasteiger partial charge in [0, 0.05) is 26.8 Å². The van der Waals surface area contributed by atoms with Crippen molar-refractivity contribution in [3.05, 3.63) is 59.8 Å². The molecule has 1 aliphatic rings. The van der Waals surface area contributed by atoms with Gasteiger partial charge in [0.1, 0.15) is 12.4 Å². The Balaban J connectivity index is 1.65. The number of anilines is 1. The molecule has 24 heavy (non-hydrogen) atoms. The minimum Gasteiger partial charge on any atom is -0.445 e. The Morgan fingerprint density at radius 1 is 1.25 bits per heavy atom. The van der Waals surface area contributed by atoms with Crippen LogP contribution >= 0.6 is 0 Å². The number of ether oxygens (including phenoxy) is 1. The molecule has 0 N–H and O–H groups in total. The van der Waals surface area contributed by atoms with E-state index in [0.29, 0.717) is 6.61 Å². The summed E-state index contributed by atoms with van der Waals surface area (Å²) >= 11 is 0. The number of likely N-dealkylation sites (tertiary alicyclic amines) is 1. The van der Waals surface area contributed by atoms with E-state index in [1.54, 1.807) is 0 Å². The lowest BCUT2D eigenvalue weighted by Crippen LogP contribution is -2.31. The number of rotatable bonds is 4. The van der Waals surface area contributed by atoms with Crippen LogP contribution in [-0.2, 0) is 11.3 Å². The van der Waals surface area contributed by atoms with E-state index >= 15 is 0 Å². The van der Waals surface area contributed by atoms with E-state index in [0.717, 1.165) is 36.3 Å². The Hall–Kier alpha value is -2.56. The van der Waals surface area contributed by atoms with Crippen LogP contribution in [0, 0.1) is 0 Å². The third-order valence-electron chi connectivity index (χ3n) is 4.31. The largest absolute Gasteiger partial charge is 0.445 e. The number of amides is 1. The van der Waals surface area contributed by atoms with Gasteiger partial charge < -0.3 is 14.5 Å². The summed E-state index contributed by atoms with van der Waals surface area (Å²) in [5.74, 6) is 0.912. The molecule has 0 aliphatic carbocycles. The molecular formula is C19H23N3O2. The Bertz CT molecular complexity index is 671. The third kappa shape index (κ3) is 3.67. The van der Waals surface area contributed by atoms with Crippen molar-refractivity contribution in [2.45, 2.75) is 25.5 Å². The van der Waals surface area contributed by atoms with E-state index in [1.165, 1.54) is 0 Å². The van der Waals surface area contributed by atoms with Crippen molar-refractivity contribution < 1.29 is 9.53 Å². The van der Waals surface area contributed by atoms with Gasteiger partial charge in [-0.2, -0.15) is 0 Å². The number of aromatic nitrogens is 1. The van der Waals surface area contributed by atoms with Gasteiger partial charge in [-0.05, 0) is 30.0 Å². The summed E-state index contributed by atoms with van der Waals surface area (Å²) < 4.78 is 5.48. The van der Waals surface area contributed by atoms with E-state index in [2.05, 4.69) is 11.1 Å². The van der Waals surface area contributed by atoms with Gasteiger partial charge in [-0.25, -0.2) is 9.78 Å². The minimum absolute atomic E-state index is 0.0528. The Kier molecular flexibility index (Phi) is 4.99. The highest BCUT2D eigenvalue weighted by Crippen LogP contribution is 2.32. The third-order valence-corrected chi connectivity index (χ3v) is 4.31. The normalized spacial score (nSPS) is 16.9. The second-order valence-corrected chi connectivity index (χ2v) is 6.24. The molecule has 1 atom stereocenters. The Morgan fingerprint density at radius 3 is 2.71 bits per heavy atom. The maximum atomic E-state index is 12.5. The number of nitrogens with zero attached hydrogens (tertiary/aromatic N) is 3. The summed E-state index contributed by atoms with van der Waals surface area (Å²) in [6.45, 7) is 1.04. The van der Waals surface area contributed by atoms with Crippen LogP contribution in [0.2, 0.25) is 0 Å². The number of benzene rings is 1. The van der Waals surface area contributed by atoms with Crippen LogP contribution in [0.3, 0.4) is 0 Å². The average molecular weight is 325 g/mol. The van der Waals surface area contributed by atoms with Crippen molar-refractivity contribution in [1.29, 1.82) is 0 Å². The van der Waals surface area contributed by atoms with Gasteiger partial charge in [-0.3, -0.25) is 0 Å². The second kappa shape index (κ2) is 7.34. The zero-order chi connectivity index (χ0) is 16.9. The number of hydrogen-bond acceptors (Lipinski definition) is 4. The zero-order valence-corrected chi connectivity index (χ0v) is 14.2. The smallest absolute Gasteiger partial charge is 0.410 e. The summed E-state index contributed by atoms with van der Waals surface area (Å²) in [6, 6.07) is 13.8. The number of pyridine rings is 1. The molecule has 0 spiro atoms. The van der Waals surface area contributed by atoms with Gasteiger partial charge in [0.25, 0.3) is 0 Å². The standard InChI is InChI=1S/C19H23N3O2/c1-21(2)18-11-10-16(13-20-18)17-9-6-12-22(17)19(23)24-14-15-7-4-3-5-8-15/h3-5,7-8,10-11,13,17H,6,9,12,14H2,1-2H3. The van der Waals surface area contributed by atoms with Crippen molar-refractivity contribution in [1.82, 2.24) is 9.88 Å². The molecule has 1 unspecified atom stereocenters. The molecule has 1 aromatic heterocycles. The maximum absolute atomic E-state index is 12.5.